The second-order valence-corrected chi connectivity index (χ2v) is 1.97. The fourth-order valence-electron chi connectivity index (χ4n) is 0.674. The van der Waals surface area contributed by atoms with Gasteiger partial charge in [-0.1, -0.05) is 0 Å². The second kappa shape index (κ2) is 3.62. The quantitative estimate of drug-likeness (QED) is 0.610. The van der Waals surface area contributed by atoms with Crippen molar-refractivity contribution in [1.29, 1.82) is 0 Å². The standard InChI is InChI=1S/C7H8N2O2/c1-8-4-3-6-5-7(10-2)9-11-6/h5H,3-4H2,2H3. The van der Waals surface area contributed by atoms with Gasteiger partial charge >= 0.3 is 0 Å². The maximum atomic E-state index is 6.54. The summed E-state index contributed by atoms with van der Waals surface area (Å²) >= 11 is 0. The van der Waals surface area contributed by atoms with Gasteiger partial charge in [-0.25, -0.2) is 6.57 Å². The summed E-state index contributed by atoms with van der Waals surface area (Å²) < 4.78 is 9.63. The highest BCUT2D eigenvalue weighted by Gasteiger charge is 2.03. The first-order chi connectivity index (χ1) is 5.36. The van der Waals surface area contributed by atoms with Crippen molar-refractivity contribution in [3.8, 4) is 5.88 Å². The van der Waals surface area contributed by atoms with Crippen LogP contribution in [0.5, 0.6) is 5.88 Å². The van der Waals surface area contributed by atoms with Gasteiger partial charge in [-0.3, -0.25) is 0 Å². The topological polar surface area (TPSA) is 39.6 Å². The summed E-state index contributed by atoms with van der Waals surface area (Å²) in [5.74, 6) is 1.16. The Hall–Kier alpha value is -1.50. The molecule has 1 rings (SSSR count). The summed E-state index contributed by atoms with van der Waals surface area (Å²) in [6.07, 6.45) is 0.597. The average Bonchev–Trinajstić information content (AvgIpc) is 2.48. The van der Waals surface area contributed by atoms with Crippen LogP contribution in [0.15, 0.2) is 10.6 Å². The molecule has 0 atom stereocenters. The summed E-state index contributed by atoms with van der Waals surface area (Å²) in [4.78, 5) is 3.19. The van der Waals surface area contributed by atoms with E-state index >= 15 is 0 Å². The molecular formula is C7H8N2O2. The van der Waals surface area contributed by atoms with Gasteiger partial charge in [-0.2, -0.15) is 0 Å². The molecule has 0 amide bonds. The highest BCUT2D eigenvalue weighted by atomic mass is 16.5. The Labute approximate surface area is 64.6 Å². The predicted octanol–water partition coefficient (Wildman–Crippen LogP) is 1.14. The lowest BCUT2D eigenvalue weighted by Gasteiger charge is -1.84. The van der Waals surface area contributed by atoms with Gasteiger partial charge in [0.15, 0.2) is 0 Å². The number of rotatable bonds is 3. The van der Waals surface area contributed by atoms with E-state index in [1.807, 2.05) is 0 Å². The molecule has 0 aliphatic rings. The zero-order valence-electron chi connectivity index (χ0n) is 6.20. The van der Waals surface area contributed by atoms with Crippen LogP contribution in [0.4, 0.5) is 0 Å². The molecule has 0 aromatic carbocycles. The first-order valence-corrected chi connectivity index (χ1v) is 3.19. The first kappa shape index (κ1) is 7.61. The van der Waals surface area contributed by atoms with Crippen molar-refractivity contribution >= 4 is 0 Å². The van der Waals surface area contributed by atoms with Crippen LogP contribution in [0, 0.1) is 6.57 Å². The van der Waals surface area contributed by atoms with E-state index in [-0.39, 0.29) is 0 Å². The number of hydrogen-bond acceptors (Lipinski definition) is 3. The largest absolute Gasteiger partial charge is 0.479 e. The summed E-state index contributed by atoms with van der Waals surface area (Å²) in [5.41, 5.74) is 0. The third-order valence-corrected chi connectivity index (χ3v) is 1.22. The molecular weight excluding hydrogens is 144 g/mol. The van der Waals surface area contributed by atoms with Crippen LogP contribution in [0.1, 0.15) is 5.76 Å². The zero-order valence-corrected chi connectivity index (χ0v) is 6.20. The minimum atomic E-state index is 0.429. The van der Waals surface area contributed by atoms with Crippen molar-refractivity contribution in [1.82, 2.24) is 5.16 Å². The van der Waals surface area contributed by atoms with Crippen LogP contribution >= 0.6 is 0 Å². The van der Waals surface area contributed by atoms with Crippen molar-refractivity contribution in [3.05, 3.63) is 23.2 Å². The van der Waals surface area contributed by atoms with Crippen LogP contribution in [-0.4, -0.2) is 18.8 Å². The van der Waals surface area contributed by atoms with Gasteiger partial charge in [0.2, 0.25) is 6.54 Å². The number of aromatic nitrogens is 1. The van der Waals surface area contributed by atoms with Gasteiger partial charge in [-0.15, -0.1) is 0 Å². The Bertz CT molecular complexity index is 262. The van der Waals surface area contributed by atoms with Crippen molar-refractivity contribution in [2.75, 3.05) is 13.7 Å². The lowest BCUT2D eigenvalue weighted by Crippen LogP contribution is -1.83. The number of hydrogen-bond donors (Lipinski definition) is 0. The van der Waals surface area contributed by atoms with E-state index in [0.717, 1.165) is 0 Å². The molecule has 0 radical (unpaired) electrons. The molecule has 4 heteroatoms. The highest BCUT2D eigenvalue weighted by molar-refractivity contribution is 5.11. The number of methoxy groups -OCH3 is 1. The van der Waals surface area contributed by atoms with E-state index in [0.29, 0.717) is 24.6 Å². The molecule has 0 aliphatic carbocycles. The second-order valence-electron chi connectivity index (χ2n) is 1.97. The molecule has 1 aromatic heterocycles. The van der Waals surface area contributed by atoms with Crippen LogP contribution < -0.4 is 4.74 Å². The van der Waals surface area contributed by atoms with Crippen molar-refractivity contribution in [2.45, 2.75) is 6.42 Å². The lowest BCUT2D eigenvalue weighted by atomic mass is 10.3. The smallest absolute Gasteiger partial charge is 0.254 e. The Balaban J connectivity index is 2.53. The third-order valence-electron chi connectivity index (χ3n) is 1.22. The number of nitrogens with zero attached hydrogens (tertiary/aromatic N) is 2. The van der Waals surface area contributed by atoms with Crippen LogP contribution in [0.25, 0.3) is 4.85 Å². The normalized spacial score (nSPS) is 9.09. The highest BCUT2D eigenvalue weighted by Crippen LogP contribution is 2.10. The molecule has 0 N–H and O–H groups in total. The maximum Gasteiger partial charge on any atom is 0.254 e. The van der Waals surface area contributed by atoms with E-state index in [2.05, 4.69) is 10.0 Å². The maximum absolute atomic E-state index is 6.54. The van der Waals surface area contributed by atoms with Crippen molar-refractivity contribution < 1.29 is 9.26 Å². The molecule has 1 aromatic rings. The molecule has 0 aliphatic heterocycles. The Morgan fingerprint density at radius 3 is 3.18 bits per heavy atom. The lowest BCUT2D eigenvalue weighted by molar-refractivity contribution is 0.327. The Morgan fingerprint density at radius 1 is 1.82 bits per heavy atom. The molecule has 0 unspecified atom stereocenters. The van der Waals surface area contributed by atoms with E-state index in [4.69, 9.17) is 15.8 Å². The van der Waals surface area contributed by atoms with Gasteiger partial charge in [0, 0.05) is 6.07 Å². The van der Waals surface area contributed by atoms with Crippen LogP contribution in [0.2, 0.25) is 0 Å². The number of ether oxygens (including phenoxy) is 1. The fraction of sp³-hybridized carbons (Fsp3) is 0.429. The Kier molecular flexibility index (Phi) is 2.50. The van der Waals surface area contributed by atoms with Gasteiger partial charge in [0.25, 0.3) is 5.88 Å². The summed E-state index contributed by atoms with van der Waals surface area (Å²) in [6.45, 7) is 6.96. The van der Waals surface area contributed by atoms with Gasteiger partial charge < -0.3 is 14.1 Å². The van der Waals surface area contributed by atoms with Crippen LogP contribution in [0.3, 0.4) is 0 Å². The first-order valence-electron chi connectivity index (χ1n) is 3.19. The molecule has 0 saturated carbocycles. The van der Waals surface area contributed by atoms with Gasteiger partial charge in [0.05, 0.1) is 13.5 Å². The molecule has 0 bridgehead atoms. The monoisotopic (exact) mass is 152 g/mol. The zero-order chi connectivity index (χ0) is 8.10. The molecule has 58 valence electrons. The molecule has 11 heavy (non-hydrogen) atoms. The molecule has 0 saturated heterocycles. The van der Waals surface area contributed by atoms with E-state index in [9.17, 15) is 0 Å². The van der Waals surface area contributed by atoms with Crippen LogP contribution in [-0.2, 0) is 6.42 Å². The minimum Gasteiger partial charge on any atom is -0.479 e. The minimum absolute atomic E-state index is 0.429. The fourth-order valence-corrected chi connectivity index (χ4v) is 0.674. The van der Waals surface area contributed by atoms with Gasteiger partial charge in [-0.05, 0) is 5.16 Å². The van der Waals surface area contributed by atoms with Crippen molar-refractivity contribution in [3.63, 3.8) is 0 Å². The summed E-state index contributed by atoms with van der Waals surface area (Å²) in [6, 6.07) is 1.69. The predicted molar refractivity (Wildman–Crippen MR) is 38.2 cm³/mol. The SMILES string of the molecule is [C-]#[N+]CCc1cc(OC)no1. The average molecular weight is 152 g/mol. The summed E-state index contributed by atoms with van der Waals surface area (Å²) in [7, 11) is 1.52. The third kappa shape index (κ3) is 1.97. The molecule has 4 nitrogen and oxygen atoms in total. The van der Waals surface area contributed by atoms with E-state index in [1.54, 1.807) is 6.07 Å². The Morgan fingerprint density at radius 2 is 2.64 bits per heavy atom. The van der Waals surface area contributed by atoms with Gasteiger partial charge in [0.1, 0.15) is 5.76 Å². The molecule has 0 fully saturated rings. The van der Waals surface area contributed by atoms with Crippen molar-refractivity contribution in [2.24, 2.45) is 0 Å². The van der Waals surface area contributed by atoms with E-state index in [1.165, 1.54) is 7.11 Å². The molecule has 1 heterocycles. The van der Waals surface area contributed by atoms with E-state index < -0.39 is 0 Å². The summed E-state index contributed by atoms with van der Waals surface area (Å²) in [5, 5.41) is 3.59. The molecule has 0 spiro atoms.